The molecule has 0 bridgehead atoms. The Morgan fingerprint density at radius 2 is 2.46 bits per heavy atom. The van der Waals surface area contributed by atoms with E-state index in [-0.39, 0.29) is 12.1 Å². The van der Waals surface area contributed by atoms with E-state index in [0.29, 0.717) is 5.69 Å². The van der Waals surface area contributed by atoms with E-state index in [1.54, 1.807) is 6.92 Å². The molecule has 0 radical (unpaired) electrons. The summed E-state index contributed by atoms with van der Waals surface area (Å²) in [6.45, 7) is 0.688. The summed E-state index contributed by atoms with van der Waals surface area (Å²) in [7, 11) is 0. The number of alkyl halides is 1. The topological polar surface area (TPSA) is 55.1 Å². The molecular weight excluding hydrogens is 175 g/mol. The van der Waals surface area contributed by atoms with Gasteiger partial charge in [-0.3, -0.25) is 9.78 Å². The van der Waals surface area contributed by atoms with Crippen molar-refractivity contribution in [2.45, 2.75) is 19.6 Å². The maximum Gasteiger partial charge on any atom is 0.272 e. The number of aliphatic hydroxyl groups is 1. The third-order valence-corrected chi connectivity index (χ3v) is 1.67. The lowest BCUT2D eigenvalue weighted by molar-refractivity contribution is 0.120. The van der Waals surface area contributed by atoms with E-state index in [4.69, 9.17) is 5.11 Å². The summed E-state index contributed by atoms with van der Waals surface area (Å²) in [4.78, 5) is 15.1. The average molecular weight is 186 g/mol. The Bertz CT molecular complexity index is 337. The molecule has 5 heteroatoms. The molecule has 13 heavy (non-hydrogen) atoms. The molecule has 1 N–H and O–H groups in total. The van der Waals surface area contributed by atoms with Gasteiger partial charge >= 0.3 is 0 Å². The molecule has 1 heterocycles. The molecule has 0 aliphatic heterocycles. The molecule has 1 aromatic heterocycles. The number of rotatable bonds is 3. The van der Waals surface area contributed by atoms with Crippen molar-refractivity contribution in [2.75, 3.05) is 6.67 Å². The molecule has 1 aromatic rings. The van der Waals surface area contributed by atoms with Gasteiger partial charge in [-0.05, 0) is 6.92 Å². The molecule has 1 rings (SSSR count). The third-order valence-electron chi connectivity index (χ3n) is 1.67. The molecule has 0 saturated heterocycles. The van der Waals surface area contributed by atoms with Crippen LogP contribution in [-0.4, -0.2) is 27.4 Å². The van der Waals surface area contributed by atoms with Crippen LogP contribution in [0, 0.1) is 6.92 Å². The van der Waals surface area contributed by atoms with Gasteiger partial charge in [-0.2, -0.15) is 0 Å². The van der Waals surface area contributed by atoms with Gasteiger partial charge in [0, 0.05) is 12.4 Å². The molecular formula is C8H11FN2O2. The van der Waals surface area contributed by atoms with E-state index in [1.165, 1.54) is 17.0 Å². The summed E-state index contributed by atoms with van der Waals surface area (Å²) in [5.41, 5.74) is 0.0450. The number of halogens is 1. The van der Waals surface area contributed by atoms with Gasteiger partial charge < -0.3 is 9.67 Å². The van der Waals surface area contributed by atoms with Crippen LogP contribution in [0.25, 0.3) is 0 Å². The molecule has 72 valence electrons. The molecule has 0 fully saturated rings. The number of nitrogens with zero attached hydrogens (tertiary/aromatic N) is 2. The molecule has 0 amide bonds. The van der Waals surface area contributed by atoms with E-state index in [0.717, 1.165) is 0 Å². The minimum absolute atomic E-state index is 0.0291. The zero-order valence-electron chi connectivity index (χ0n) is 7.27. The van der Waals surface area contributed by atoms with Gasteiger partial charge in [0.05, 0.1) is 6.54 Å². The van der Waals surface area contributed by atoms with Crippen molar-refractivity contribution < 1.29 is 9.50 Å². The maximum atomic E-state index is 11.9. The first-order valence-corrected chi connectivity index (χ1v) is 3.91. The highest BCUT2D eigenvalue weighted by molar-refractivity contribution is 4.94. The number of hydrogen-bond acceptors (Lipinski definition) is 3. The van der Waals surface area contributed by atoms with E-state index < -0.39 is 12.8 Å². The van der Waals surface area contributed by atoms with E-state index in [2.05, 4.69) is 4.98 Å². The van der Waals surface area contributed by atoms with Crippen LogP contribution in [0.15, 0.2) is 17.2 Å². The van der Waals surface area contributed by atoms with Crippen LogP contribution < -0.4 is 5.56 Å². The van der Waals surface area contributed by atoms with E-state index in [9.17, 15) is 9.18 Å². The van der Waals surface area contributed by atoms with Crippen LogP contribution in [0.2, 0.25) is 0 Å². The summed E-state index contributed by atoms with van der Waals surface area (Å²) in [6, 6.07) is 0. The second-order valence-electron chi connectivity index (χ2n) is 2.78. The summed E-state index contributed by atoms with van der Waals surface area (Å²) < 4.78 is 13.2. The lowest BCUT2D eigenvalue weighted by Crippen LogP contribution is -2.29. The van der Waals surface area contributed by atoms with Crippen molar-refractivity contribution in [1.29, 1.82) is 0 Å². The number of aromatic nitrogens is 2. The Labute approximate surface area is 74.7 Å². The Kier molecular flexibility index (Phi) is 3.13. The van der Waals surface area contributed by atoms with Gasteiger partial charge in [0.1, 0.15) is 18.5 Å². The minimum Gasteiger partial charge on any atom is -0.389 e. The fraction of sp³-hybridized carbons (Fsp3) is 0.500. The van der Waals surface area contributed by atoms with Gasteiger partial charge in [-0.25, -0.2) is 4.39 Å². The molecule has 1 atom stereocenters. The first-order valence-electron chi connectivity index (χ1n) is 3.91. The highest BCUT2D eigenvalue weighted by Crippen LogP contribution is 1.90. The molecule has 0 saturated carbocycles. The van der Waals surface area contributed by atoms with Crippen molar-refractivity contribution in [3.05, 3.63) is 28.4 Å². The average Bonchev–Trinajstić information content (AvgIpc) is 2.13. The fourth-order valence-electron chi connectivity index (χ4n) is 0.976. The van der Waals surface area contributed by atoms with Crippen molar-refractivity contribution in [1.82, 2.24) is 9.55 Å². The quantitative estimate of drug-likeness (QED) is 0.716. The van der Waals surface area contributed by atoms with Crippen LogP contribution in [-0.2, 0) is 6.54 Å². The van der Waals surface area contributed by atoms with Gasteiger partial charge in [-0.1, -0.05) is 0 Å². The van der Waals surface area contributed by atoms with Gasteiger partial charge in [-0.15, -0.1) is 0 Å². The molecule has 0 aliphatic rings. The van der Waals surface area contributed by atoms with E-state index >= 15 is 0 Å². The number of aliphatic hydroxyl groups excluding tert-OH is 1. The fourth-order valence-corrected chi connectivity index (χ4v) is 0.976. The predicted molar refractivity (Wildman–Crippen MR) is 45.2 cm³/mol. The van der Waals surface area contributed by atoms with Crippen molar-refractivity contribution in [2.24, 2.45) is 0 Å². The Morgan fingerprint density at radius 1 is 1.77 bits per heavy atom. The third kappa shape index (κ3) is 2.35. The van der Waals surface area contributed by atoms with Crippen LogP contribution >= 0.6 is 0 Å². The smallest absolute Gasteiger partial charge is 0.272 e. The Hall–Kier alpha value is -1.23. The standard InChI is InChI=1S/C8H11FN2O2/c1-6-8(13)11(3-2-10-6)5-7(12)4-9/h2-3,7,12H,4-5H2,1H3. The zero-order chi connectivity index (χ0) is 9.84. The molecule has 0 aromatic carbocycles. The Balaban J connectivity index is 2.89. The highest BCUT2D eigenvalue weighted by atomic mass is 19.1. The van der Waals surface area contributed by atoms with Gasteiger partial charge in [0.2, 0.25) is 0 Å². The summed E-state index contributed by atoms with van der Waals surface area (Å²) >= 11 is 0. The zero-order valence-corrected chi connectivity index (χ0v) is 7.27. The molecule has 0 spiro atoms. The molecule has 1 unspecified atom stereocenters. The van der Waals surface area contributed by atoms with Crippen molar-refractivity contribution >= 4 is 0 Å². The minimum atomic E-state index is -1.13. The summed E-state index contributed by atoms with van der Waals surface area (Å²) in [5, 5.41) is 8.97. The van der Waals surface area contributed by atoms with Crippen molar-refractivity contribution in [3.63, 3.8) is 0 Å². The second kappa shape index (κ2) is 4.13. The van der Waals surface area contributed by atoms with Gasteiger partial charge in [0.15, 0.2) is 0 Å². The predicted octanol–water partition coefficient (Wildman–Crippen LogP) is -0.118. The number of aryl methyl sites for hydroxylation is 1. The van der Waals surface area contributed by atoms with Crippen molar-refractivity contribution in [3.8, 4) is 0 Å². The molecule has 4 nitrogen and oxygen atoms in total. The summed E-state index contributed by atoms with van der Waals surface area (Å²) in [5.74, 6) is 0. The first-order chi connectivity index (χ1) is 6.15. The monoisotopic (exact) mass is 186 g/mol. The van der Waals surface area contributed by atoms with Crippen LogP contribution in [0.3, 0.4) is 0 Å². The number of hydrogen-bond donors (Lipinski definition) is 1. The van der Waals surface area contributed by atoms with E-state index in [1.807, 2.05) is 0 Å². The van der Waals surface area contributed by atoms with Gasteiger partial charge in [0.25, 0.3) is 5.56 Å². The normalized spacial score (nSPS) is 12.8. The first kappa shape index (κ1) is 9.85. The highest BCUT2D eigenvalue weighted by Gasteiger charge is 2.06. The van der Waals surface area contributed by atoms with Crippen LogP contribution in [0.1, 0.15) is 5.69 Å². The molecule has 0 aliphatic carbocycles. The SMILES string of the molecule is Cc1nccn(CC(O)CF)c1=O. The second-order valence-corrected chi connectivity index (χ2v) is 2.78. The largest absolute Gasteiger partial charge is 0.389 e. The lowest BCUT2D eigenvalue weighted by Gasteiger charge is -2.08. The lowest BCUT2D eigenvalue weighted by atomic mass is 10.3. The Morgan fingerprint density at radius 3 is 3.08 bits per heavy atom. The summed E-state index contributed by atoms with van der Waals surface area (Å²) in [6.07, 6.45) is 1.75. The van der Waals surface area contributed by atoms with Crippen LogP contribution in [0.4, 0.5) is 4.39 Å². The maximum absolute atomic E-state index is 11.9. The van der Waals surface area contributed by atoms with Crippen LogP contribution in [0.5, 0.6) is 0 Å².